The molecule has 3 N–H and O–H groups in total. The number of nitrogen functional groups attached to an aromatic ring is 1. The first kappa shape index (κ1) is 11.4. The quantitative estimate of drug-likeness (QED) is 0.690. The van der Waals surface area contributed by atoms with E-state index >= 15 is 0 Å². The fourth-order valence-corrected chi connectivity index (χ4v) is 2.63. The molecular formula is C9H6BrN7S. The van der Waals surface area contributed by atoms with Crippen LogP contribution in [0.2, 0.25) is 0 Å². The number of nitrogens with two attached hydrogens (primary N) is 1. The van der Waals surface area contributed by atoms with E-state index in [-0.39, 0.29) is 0 Å². The van der Waals surface area contributed by atoms with Crippen molar-refractivity contribution in [3.63, 3.8) is 0 Å². The Balaban J connectivity index is 2.06. The number of aromatic nitrogens is 6. The Morgan fingerprint density at radius 2 is 1.83 bits per heavy atom. The Morgan fingerprint density at radius 3 is 2.72 bits per heavy atom. The van der Waals surface area contributed by atoms with Gasteiger partial charge >= 0.3 is 0 Å². The molecule has 0 aromatic carbocycles. The summed E-state index contributed by atoms with van der Waals surface area (Å²) in [6.07, 6.45) is 4.45. The lowest BCUT2D eigenvalue weighted by Gasteiger charge is -2.04. The van der Waals surface area contributed by atoms with Crippen LogP contribution in [-0.2, 0) is 0 Å². The van der Waals surface area contributed by atoms with E-state index < -0.39 is 0 Å². The molecule has 90 valence electrons. The van der Waals surface area contributed by atoms with Crippen LogP contribution in [0.4, 0.5) is 5.82 Å². The number of imidazole rings is 1. The van der Waals surface area contributed by atoms with Crippen molar-refractivity contribution >= 4 is 44.7 Å². The third-order valence-electron chi connectivity index (χ3n) is 2.17. The van der Waals surface area contributed by atoms with E-state index in [1.165, 1.54) is 24.4 Å². The molecular weight excluding hydrogens is 318 g/mol. The average molecular weight is 324 g/mol. The highest BCUT2D eigenvalue weighted by atomic mass is 79.9. The number of hydrogen-bond donors (Lipinski definition) is 2. The lowest BCUT2D eigenvalue weighted by Crippen LogP contribution is -1.95. The predicted molar refractivity (Wildman–Crippen MR) is 70.0 cm³/mol. The Kier molecular flexibility index (Phi) is 2.84. The zero-order valence-corrected chi connectivity index (χ0v) is 11.2. The molecule has 3 rings (SSSR count). The van der Waals surface area contributed by atoms with Crippen LogP contribution in [0, 0.1) is 0 Å². The van der Waals surface area contributed by atoms with Crippen LogP contribution in [0.3, 0.4) is 0 Å². The minimum absolute atomic E-state index is 0.391. The maximum absolute atomic E-state index is 5.70. The summed E-state index contributed by atoms with van der Waals surface area (Å²) in [6, 6.07) is 0. The van der Waals surface area contributed by atoms with Crippen LogP contribution in [-0.4, -0.2) is 29.9 Å². The number of hydrogen-bond acceptors (Lipinski definition) is 7. The van der Waals surface area contributed by atoms with Gasteiger partial charge in [0, 0.05) is 0 Å². The second kappa shape index (κ2) is 4.50. The molecule has 0 fully saturated rings. The van der Waals surface area contributed by atoms with Gasteiger partial charge in [0.25, 0.3) is 0 Å². The van der Waals surface area contributed by atoms with E-state index in [4.69, 9.17) is 5.73 Å². The summed E-state index contributed by atoms with van der Waals surface area (Å²) in [6.45, 7) is 0. The molecule has 7 nitrogen and oxygen atoms in total. The lowest BCUT2D eigenvalue weighted by molar-refractivity contribution is 1.02. The molecule has 3 aromatic rings. The van der Waals surface area contributed by atoms with Gasteiger partial charge in [-0.1, -0.05) is 0 Å². The van der Waals surface area contributed by atoms with Gasteiger partial charge in [-0.05, 0) is 27.7 Å². The summed E-state index contributed by atoms with van der Waals surface area (Å²) in [4.78, 5) is 23.4. The van der Waals surface area contributed by atoms with Crippen molar-refractivity contribution in [1.29, 1.82) is 0 Å². The van der Waals surface area contributed by atoms with Gasteiger partial charge in [-0.25, -0.2) is 24.9 Å². The van der Waals surface area contributed by atoms with Crippen molar-refractivity contribution in [2.75, 3.05) is 5.73 Å². The molecule has 0 radical (unpaired) electrons. The molecule has 0 bridgehead atoms. The third kappa shape index (κ3) is 1.91. The second-order valence-corrected chi connectivity index (χ2v) is 5.03. The largest absolute Gasteiger partial charge is 0.383 e. The van der Waals surface area contributed by atoms with Crippen molar-refractivity contribution in [2.45, 2.75) is 10.1 Å². The summed E-state index contributed by atoms with van der Waals surface area (Å²) < 4.78 is 0.654. The van der Waals surface area contributed by atoms with Crippen LogP contribution in [0.15, 0.2) is 33.5 Å². The Bertz CT molecular complexity index is 713. The standard InChI is InChI=1S/C9H6BrN7S/c10-4-6(11)13-2-16-8(4)18-9-5-7(14-1-12-5)15-3-17-9/h1-3H,(H2,11,13,16)(H,12,14,15,17). The average Bonchev–Trinajstić information content (AvgIpc) is 2.84. The molecule has 0 atom stereocenters. The molecule has 0 aliphatic rings. The molecule has 0 spiro atoms. The fraction of sp³-hybridized carbons (Fsp3) is 0. The molecule has 9 heteroatoms. The van der Waals surface area contributed by atoms with Gasteiger partial charge in [0.2, 0.25) is 0 Å². The number of fused-ring (bicyclic) bond motifs is 1. The van der Waals surface area contributed by atoms with Crippen LogP contribution < -0.4 is 5.73 Å². The van der Waals surface area contributed by atoms with E-state index in [9.17, 15) is 0 Å². The number of nitrogens with one attached hydrogen (secondary N) is 1. The van der Waals surface area contributed by atoms with Crippen molar-refractivity contribution in [2.24, 2.45) is 0 Å². The number of anilines is 1. The van der Waals surface area contributed by atoms with Crippen LogP contribution in [0.5, 0.6) is 0 Å². The van der Waals surface area contributed by atoms with Gasteiger partial charge in [0.1, 0.15) is 34.0 Å². The Hall–Kier alpha value is -1.74. The first-order valence-corrected chi connectivity index (χ1v) is 6.44. The smallest absolute Gasteiger partial charge is 0.181 e. The topological polar surface area (TPSA) is 106 Å². The summed E-state index contributed by atoms with van der Waals surface area (Å²) in [5, 5.41) is 1.42. The maximum atomic E-state index is 5.70. The van der Waals surface area contributed by atoms with Gasteiger partial charge in [-0.15, -0.1) is 0 Å². The minimum Gasteiger partial charge on any atom is -0.383 e. The highest BCUT2D eigenvalue weighted by Crippen LogP contribution is 2.34. The molecule has 0 aliphatic carbocycles. The maximum Gasteiger partial charge on any atom is 0.181 e. The van der Waals surface area contributed by atoms with Gasteiger partial charge in [0.05, 0.1) is 10.8 Å². The normalized spacial score (nSPS) is 10.9. The van der Waals surface area contributed by atoms with Gasteiger partial charge in [0.15, 0.2) is 5.65 Å². The molecule has 0 unspecified atom stereocenters. The Morgan fingerprint density at radius 1 is 1.06 bits per heavy atom. The number of halogens is 1. The van der Waals surface area contributed by atoms with Gasteiger partial charge in [-0.2, -0.15) is 0 Å². The molecule has 0 amide bonds. The zero-order chi connectivity index (χ0) is 12.5. The van der Waals surface area contributed by atoms with E-state index in [0.29, 0.717) is 21.0 Å². The highest BCUT2D eigenvalue weighted by Gasteiger charge is 2.12. The van der Waals surface area contributed by atoms with E-state index in [1.807, 2.05) is 0 Å². The second-order valence-electron chi connectivity index (χ2n) is 3.26. The van der Waals surface area contributed by atoms with Crippen LogP contribution >= 0.6 is 27.7 Å². The van der Waals surface area contributed by atoms with Crippen molar-refractivity contribution in [3.05, 3.63) is 23.5 Å². The first-order chi connectivity index (χ1) is 8.75. The molecule has 18 heavy (non-hydrogen) atoms. The van der Waals surface area contributed by atoms with Crippen LogP contribution in [0.25, 0.3) is 11.2 Å². The predicted octanol–water partition coefficient (Wildman–Crippen LogP) is 1.64. The van der Waals surface area contributed by atoms with E-state index in [0.717, 1.165) is 10.5 Å². The molecule has 3 aromatic heterocycles. The zero-order valence-electron chi connectivity index (χ0n) is 8.83. The monoisotopic (exact) mass is 323 g/mol. The molecule has 3 heterocycles. The lowest BCUT2D eigenvalue weighted by atomic mass is 10.6. The third-order valence-corrected chi connectivity index (χ3v) is 4.22. The summed E-state index contributed by atoms with van der Waals surface area (Å²) in [7, 11) is 0. The number of H-pyrrole nitrogens is 1. The molecule has 0 saturated heterocycles. The summed E-state index contributed by atoms with van der Waals surface area (Å²) in [5.41, 5.74) is 7.09. The minimum atomic E-state index is 0.391. The van der Waals surface area contributed by atoms with Gasteiger partial charge in [-0.3, -0.25) is 0 Å². The van der Waals surface area contributed by atoms with E-state index in [2.05, 4.69) is 45.8 Å². The number of rotatable bonds is 2. The van der Waals surface area contributed by atoms with Crippen molar-refractivity contribution < 1.29 is 0 Å². The molecule has 0 aliphatic heterocycles. The first-order valence-electron chi connectivity index (χ1n) is 4.83. The summed E-state index contributed by atoms with van der Waals surface area (Å²) in [5.74, 6) is 0.391. The fourth-order valence-electron chi connectivity index (χ4n) is 1.35. The Labute approximate surface area is 114 Å². The van der Waals surface area contributed by atoms with E-state index in [1.54, 1.807) is 6.33 Å². The van der Waals surface area contributed by atoms with Crippen LogP contribution in [0.1, 0.15) is 0 Å². The van der Waals surface area contributed by atoms with Gasteiger partial charge < -0.3 is 10.7 Å². The number of nitrogens with zero attached hydrogens (tertiary/aromatic N) is 5. The SMILES string of the molecule is Nc1ncnc(Sc2ncnc3nc[nH]c23)c1Br. The highest BCUT2D eigenvalue weighted by molar-refractivity contribution is 9.10. The van der Waals surface area contributed by atoms with Crippen molar-refractivity contribution in [1.82, 2.24) is 29.9 Å². The molecule has 0 saturated carbocycles. The summed E-state index contributed by atoms with van der Waals surface area (Å²) >= 11 is 4.71. The van der Waals surface area contributed by atoms with Crippen molar-refractivity contribution in [3.8, 4) is 0 Å². The number of aromatic amines is 1.